The predicted octanol–water partition coefficient (Wildman–Crippen LogP) is 2.71. The minimum atomic E-state index is 0.0800. The average Bonchev–Trinajstić information content (AvgIpc) is 2.95. The van der Waals surface area contributed by atoms with Crippen LogP contribution in [0.25, 0.3) is 0 Å². The number of Topliss-reactive ketones (excluding diaryl/α,β-unsaturated/α-hetero) is 1. The summed E-state index contributed by atoms with van der Waals surface area (Å²) in [6.07, 6.45) is 0.367. The van der Waals surface area contributed by atoms with Gasteiger partial charge >= 0.3 is 0 Å². The molecule has 4 nitrogen and oxygen atoms in total. The number of hydrogen-bond acceptors (Lipinski definition) is 4. The Balaban J connectivity index is 2.21. The van der Waals surface area contributed by atoms with Crippen LogP contribution in [-0.2, 0) is 13.0 Å². The lowest BCUT2D eigenvalue weighted by Gasteiger charge is -2.04. The Morgan fingerprint density at radius 3 is 3.00 bits per heavy atom. The van der Waals surface area contributed by atoms with Crippen LogP contribution in [-0.4, -0.2) is 22.7 Å². The van der Waals surface area contributed by atoms with Crippen LogP contribution in [0.4, 0.5) is 0 Å². The molecule has 0 aliphatic heterocycles. The van der Waals surface area contributed by atoms with Crippen LogP contribution in [0.15, 0.2) is 17.5 Å². The number of ketones is 1. The van der Waals surface area contributed by atoms with Crippen LogP contribution in [0.2, 0.25) is 0 Å². The fourth-order valence-electron chi connectivity index (χ4n) is 1.92. The molecule has 0 aliphatic carbocycles. The van der Waals surface area contributed by atoms with Gasteiger partial charge in [0.15, 0.2) is 5.78 Å². The molecule has 0 saturated carbocycles. The van der Waals surface area contributed by atoms with Gasteiger partial charge in [0.2, 0.25) is 0 Å². The quantitative estimate of drug-likeness (QED) is 0.780. The first-order valence-electron chi connectivity index (χ1n) is 5.83. The number of nitrogens with zero attached hydrogens (tertiary/aromatic N) is 2. The van der Waals surface area contributed by atoms with Crippen molar-refractivity contribution in [3.63, 3.8) is 0 Å². The fraction of sp³-hybridized carbons (Fsp3) is 0.385. The number of aromatic nitrogens is 2. The van der Waals surface area contributed by atoms with Crippen molar-refractivity contribution in [2.75, 3.05) is 7.11 Å². The first-order chi connectivity index (χ1) is 8.65. The third-order valence-corrected chi connectivity index (χ3v) is 3.67. The summed E-state index contributed by atoms with van der Waals surface area (Å²) in [5.74, 6) is 0.737. The van der Waals surface area contributed by atoms with Gasteiger partial charge < -0.3 is 4.74 Å². The van der Waals surface area contributed by atoms with Crippen LogP contribution < -0.4 is 4.74 Å². The molecule has 0 aliphatic rings. The van der Waals surface area contributed by atoms with E-state index < -0.39 is 0 Å². The number of thiophene rings is 1. The summed E-state index contributed by atoms with van der Waals surface area (Å²) in [5, 5.41) is 6.21. The summed E-state index contributed by atoms with van der Waals surface area (Å²) >= 11 is 1.42. The SMILES string of the molecule is CCn1nc(C)cc1CC(=O)c1sccc1OC. The van der Waals surface area contributed by atoms with Crippen molar-refractivity contribution < 1.29 is 9.53 Å². The highest BCUT2D eigenvalue weighted by molar-refractivity contribution is 7.12. The average molecular weight is 264 g/mol. The second-order valence-corrected chi connectivity index (χ2v) is 4.93. The van der Waals surface area contributed by atoms with E-state index in [0.29, 0.717) is 17.0 Å². The first kappa shape index (κ1) is 12.8. The van der Waals surface area contributed by atoms with Crippen molar-refractivity contribution in [3.05, 3.63) is 33.8 Å². The van der Waals surface area contributed by atoms with Crippen molar-refractivity contribution >= 4 is 17.1 Å². The van der Waals surface area contributed by atoms with Gasteiger partial charge in [0.05, 0.1) is 19.2 Å². The second kappa shape index (κ2) is 5.35. The lowest BCUT2D eigenvalue weighted by Crippen LogP contribution is -2.09. The summed E-state index contributed by atoms with van der Waals surface area (Å²) in [4.78, 5) is 12.9. The number of hydrogen-bond donors (Lipinski definition) is 0. The molecule has 0 N–H and O–H groups in total. The number of ether oxygens (including phenoxy) is 1. The lowest BCUT2D eigenvalue weighted by atomic mass is 10.2. The molecule has 0 spiro atoms. The topological polar surface area (TPSA) is 44.1 Å². The van der Waals surface area contributed by atoms with E-state index in [2.05, 4.69) is 5.10 Å². The highest BCUT2D eigenvalue weighted by Crippen LogP contribution is 2.26. The Bertz CT molecular complexity index is 557. The van der Waals surface area contributed by atoms with Gasteiger partial charge in [0, 0.05) is 12.2 Å². The molecule has 0 atom stereocenters. The van der Waals surface area contributed by atoms with E-state index in [1.807, 2.05) is 36.0 Å². The summed E-state index contributed by atoms with van der Waals surface area (Å²) in [6, 6.07) is 3.78. The molecule has 96 valence electrons. The van der Waals surface area contributed by atoms with Crippen LogP contribution in [0.3, 0.4) is 0 Å². The first-order valence-corrected chi connectivity index (χ1v) is 6.71. The molecule has 0 radical (unpaired) electrons. The van der Waals surface area contributed by atoms with E-state index in [1.165, 1.54) is 11.3 Å². The van der Waals surface area contributed by atoms with Gasteiger partial charge in [-0.3, -0.25) is 9.48 Å². The molecule has 0 fully saturated rings. The summed E-state index contributed by atoms with van der Waals surface area (Å²) < 4.78 is 7.04. The summed E-state index contributed by atoms with van der Waals surface area (Å²) in [5.41, 5.74) is 1.90. The zero-order chi connectivity index (χ0) is 13.1. The fourth-order valence-corrected chi connectivity index (χ4v) is 2.72. The van der Waals surface area contributed by atoms with Crippen LogP contribution in [0.1, 0.15) is 28.0 Å². The van der Waals surface area contributed by atoms with Crippen LogP contribution in [0.5, 0.6) is 5.75 Å². The van der Waals surface area contributed by atoms with Crippen molar-refractivity contribution in [1.29, 1.82) is 0 Å². The van der Waals surface area contributed by atoms with Crippen molar-refractivity contribution in [2.45, 2.75) is 26.8 Å². The molecule has 0 saturated heterocycles. The number of methoxy groups -OCH3 is 1. The number of carbonyl (C=O) groups is 1. The third kappa shape index (κ3) is 2.46. The van der Waals surface area contributed by atoms with Gasteiger partial charge in [-0.05, 0) is 31.4 Å². The molecule has 2 rings (SSSR count). The van der Waals surface area contributed by atoms with Gasteiger partial charge in [-0.1, -0.05) is 0 Å². The highest BCUT2D eigenvalue weighted by Gasteiger charge is 2.16. The van der Waals surface area contributed by atoms with Gasteiger partial charge in [-0.25, -0.2) is 0 Å². The molecular weight excluding hydrogens is 248 g/mol. The monoisotopic (exact) mass is 264 g/mol. The number of carbonyl (C=O) groups excluding carboxylic acids is 1. The summed E-state index contributed by atoms with van der Waals surface area (Å²) in [7, 11) is 1.58. The Hall–Kier alpha value is -1.62. The minimum Gasteiger partial charge on any atom is -0.495 e. The van der Waals surface area contributed by atoms with Gasteiger partial charge in [-0.15, -0.1) is 11.3 Å². The normalized spacial score (nSPS) is 10.6. The van der Waals surface area contributed by atoms with Crippen LogP contribution in [0, 0.1) is 6.92 Å². The van der Waals surface area contributed by atoms with Gasteiger partial charge in [-0.2, -0.15) is 5.10 Å². The second-order valence-electron chi connectivity index (χ2n) is 4.01. The van der Waals surface area contributed by atoms with E-state index in [4.69, 9.17) is 4.74 Å². The highest BCUT2D eigenvalue weighted by atomic mass is 32.1. The smallest absolute Gasteiger partial charge is 0.182 e. The van der Waals surface area contributed by atoms with E-state index in [9.17, 15) is 4.79 Å². The lowest BCUT2D eigenvalue weighted by molar-refractivity contribution is 0.0992. The molecule has 0 bridgehead atoms. The molecule has 0 amide bonds. The molecule has 5 heteroatoms. The minimum absolute atomic E-state index is 0.0800. The maximum Gasteiger partial charge on any atom is 0.182 e. The number of rotatable bonds is 5. The predicted molar refractivity (Wildman–Crippen MR) is 71.5 cm³/mol. The molecule has 0 aromatic carbocycles. The van der Waals surface area contributed by atoms with Crippen LogP contribution >= 0.6 is 11.3 Å². The van der Waals surface area contributed by atoms with Gasteiger partial charge in [0.25, 0.3) is 0 Å². The molecule has 2 heterocycles. The Morgan fingerprint density at radius 1 is 1.56 bits per heavy atom. The van der Waals surface area contributed by atoms with Crippen molar-refractivity contribution in [1.82, 2.24) is 9.78 Å². The molecule has 2 aromatic heterocycles. The van der Waals surface area contributed by atoms with E-state index >= 15 is 0 Å². The van der Waals surface area contributed by atoms with Gasteiger partial charge in [0.1, 0.15) is 10.6 Å². The van der Waals surface area contributed by atoms with E-state index in [0.717, 1.165) is 17.9 Å². The van der Waals surface area contributed by atoms with E-state index in [1.54, 1.807) is 7.11 Å². The van der Waals surface area contributed by atoms with Crippen molar-refractivity contribution in [2.24, 2.45) is 0 Å². The maximum absolute atomic E-state index is 12.2. The Morgan fingerprint density at radius 2 is 2.33 bits per heavy atom. The van der Waals surface area contributed by atoms with Crippen molar-refractivity contribution in [3.8, 4) is 5.75 Å². The zero-order valence-corrected chi connectivity index (χ0v) is 11.6. The standard InChI is InChI=1S/C13H16N2O2S/c1-4-15-10(7-9(2)14-15)8-11(16)13-12(17-3)5-6-18-13/h5-7H,4,8H2,1-3H3. The van der Waals surface area contributed by atoms with E-state index in [-0.39, 0.29) is 5.78 Å². The third-order valence-electron chi connectivity index (χ3n) is 2.73. The molecular formula is C13H16N2O2S. The maximum atomic E-state index is 12.2. The molecule has 18 heavy (non-hydrogen) atoms. The largest absolute Gasteiger partial charge is 0.495 e. The summed E-state index contributed by atoms with van der Waals surface area (Å²) in [6.45, 7) is 4.73. The zero-order valence-electron chi connectivity index (χ0n) is 10.8. The number of aryl methyl sites for hydroxylation is 2. The molecule has 2 aromatic rings. The Labute approximate surface area is 110 Å². The molecule has 0 unspecified atom stereocenters. The Kier molecular flexibility index (Phi) is 3.81.